The minimum absolute atomic E-state index is 0.0605. The van der Waals surface area contributed by atoms with E-state index in [2.05, 4.69) is 10.4 Å². The summed E-state index contributed by atoms with van der Waals surface area (Å²) in [7, 11) is 0. The lowest BCUT2D eigenvalue weighted by Gasteiger charge is -2.24. The molecule has 0 aliphatic carbocycles. The van der Waals surface area contributed by atoms with Gasteiger partial charge in [-0.15, -0.1) is 0 Å². The van der Waals surface area contributed by atoms with Crippen LogP contribution in [0.4, 0.5) is 5.69 Å². The van der Waals surface area contributed by atoms with Crippen LogP contribution in [0.1, 0.15) is 25.0 Å². The zero-order chi connectivity index (χ0) is 17.9. The van der Waals surface area contributed by atoms with Gasteiger partial charge in [-0.1, -0.05) is 35.9 Å². The SMILES string of the molecule is CC(C)(C(=O)Nc1ccc(Cn2cccn2)cc1)c1ccc(Cl)cc1. The number of nitrogens with zero attached hydrogens (tertiary/aromatic N) is 2. The van der Waals surface area contributed by atoms with Crippen LogP contribution in [0.5, 0.6) is 0 Å². The molecule has 0 bridgehead atoms. The van der Waals surface area contributed by atoms with Crippen LogP contribution in [0, 0.1) is 0 Å². The first-order valence-electron chi connectivity index (χ1n) is 8.09. The quantitative estimate of drug-likeness (QED) is 0.734. The molecule has 4 nitrogen and oxygen atoms in total. The summed E-state index contributed by atoms with van der Waals surface area (Å²) in [5.41, 5.74) is 2.16. The fraction of sp³-hybridized carbons (Fsp3) is 0.200. The van der Waals surface area contributed by atoms with E-state index in [0.717, 1.165) is 16.8 Å². The van der Waals surface area contributed by atoms with Crippen molar-refractivity contribution in [1.82, 2.24) is 9.78 Å². The summed E-state index contributed by atoms with van der Waals surface area (Å²) in [6.07, 6.45) is 3.68. The minimum atomic E-state index is -0.654. The lowest BCUT2D eigenvalue weighted by molar-refractivity contribution is -0.120. The maximum atomic E-state index is 12.7. The summed E-state index contributed by atoms with van der Waals surface area (Å²) in [5, 5.41) is 7.84. The number of aromatic nitrogens is 2. The van der Waals surface area contributed by atoms with Crippen LogP contribution in [0.15, 0.2) is 67.0 Å². The third-order valence-electron chi connectivity index (χ3n) is 4.25. The largest absolute Gasteiger partial charge is 0.325 e. The molecule has 128 valence electrons. The number of hydrogen-bond donors (Lipinski definition) is 1. The highest BCUT2D eigenvalue weighted by Crippen LogP contribution is 2.26. The summed E-state index contributed by atoms with van der Waals surface area (Å²) >= 11 is 5.93. The molecule has 3 rings (SSSR count). The molecule has 0 spiro atoms. The van der Waals surface area contributed by atoms with E-state index in [1.165, 1.54) is 0 Å². The number of carbonyl (C=O) groups is 1. The van der Waals surface area contributed by atoms with Crippen molar-refractivity contribution in [3.05, 3.63) is 83.1 Å². The molecule has 0 aliphatic heterocycles. The monoisotopic (exact) mass is 353 g/mol. The van der Waals surface area contributed by atoms with Gasteiger partial charge in [0.05, 0.1) is 12.0 Å². The van der Waals surface area contributed by atoms with Gasteiger partial charge in [-0.3, -0.25) is 9.48 Å². The number of benzene rings is 2. The van der Waals surface area contributed by atoms with Crippen molar-refractivity contribution in [2.45, 2.75) is 25.8 Å². The van der Waals surface area contributed by atoms with Gasteiger partial charge in [0.25, 0.3) is 0 Å². The van der Waals surface area contributed by atoms with E-state index in [-0.39, 0.29) is 5.91 Å². The number of amides is 1. The molecule has 0 unspecified atom stereocenters. The van der Waals surface area contributed by atoms with Gasteiger partial charge < -0.3 is 5.32 Å². The molecule has 0 aliphatic rings. The normalized spacial score (nSPS) is 11.3. The Hall–Kier alpha value is -2.59. The molecule has 5 heteroatoms. The van der Waals surface area contributed by atoms with E-state index in [1.54, 1.807) is 18.3 Å². The van der Waals surface area contributed by atoms with Crippen LogP contribution in [-0.4, -0.2) is 15.7 Å². The van der Waals surface area contributed by atoms with E-state index < -0.39 is 5.41 Å². The first-order valence-corrected chi connectivity index (χ1v) is 8.47. The van der Waals surface area contributed by atoms with Crippen molar-refractivity contribution in [2.24, 2.45) is 0 Å². The summed E-state index contributed by atoms with van der Waals surface area (Å²) in [5.74, 6) is -0.0605. The van der Waals surface area contributed by atoms with Crippen molar-refractivity contribution in [3.63, 3.8) is 0 Å². The molecular formula is C20H20ClN3O. The predicted molar refractivity (Wildman–Crippen MR) is 101 cm³/mol. The maximum Gasteiger partial charge on any atom is 0.234 e. The molecule has 1 N–H and O–H groups in total. The van der Waals surface area contributed by atoms with E-state index in [1.807, 2.05) is 67.2 Å². The molecule has 0 saturated heterocycles. The molecule has 3 aromatic rings. The zero-order valence-corrected chi connectivity index (χ0v) is 15.0. The van der Waals surface area contributed by atoms with Crippen LogP contribution < -0.4 is 5.32 Å². The Labute approximate surface area is 152 Å². The minimum Gasteiger partial charge on any atom is -0.325 e. The molecule has 2 aromatic carbocycles. The van der Waals surface area contributed by atoms with Gasteiger partial charge in [-0.05, 0) is 55.3 Å². The highest BCUT2D eigenvalue weighted by Gasteiger charge is 2.29. The topological polar surface area (TPSA) is 46.9 Å². The van der Waals surface area contributed by atoms with Gasteiger partial charge in [0.15, 0.2) is 0 Å². The lowest BCUT2D eigenvalue weighted by Crippen LogP contribution is -2.34. The first kappa shape index (κ1) is 17.2. The highest BCUT2D eigenvalue weighted by molar-refractivity contribution is 6.30. The average molecular weight is 354 g/mol. The van der Waals surface area contributed by atoms with E-state index >= 15 is 0 Å². The summed E-state index contributed by atoms with van der Waals surface area (Å²) in [6.45, 7) is 4.51. The Bertz CT molecular complexity index is 838. The number of nitrogens with one attached hydrogen (secondary N) is 1. The summed E-state index contributed by atoms with van der Waals surface area (Å²) < 4.78 is 1.86. The van der Waals surface area contributed by atoms with Crippen LogP contribution in [0.25, 0.3) is 0 Å². The van der Waals surface area contributed by atoms with Crippen molar-refractivity contribution in [3.8, 4) is 0 Å². The zero-order valence-electron chi connectivity index (χ0n) is 14.2. The van der Waals surface area contributed by atoms with E-state index in [4.69, 9.17) is 11.6 Å². The van der Waals surface area contributed by atoms with Crippen LogP contribution in [0.2, 0.25) is 5.02 Å². The highest BCUT2D eigenvalue weighted by atomic mass is 35.5. The number of carbonyl (C=O) groups excluding carboxylic acids is 1. The predicted octanol–water partition coefficient (Wildman–Crippen LogP) is 4.50. The lowest BCUT2D eigenvalue weighted by atomic mass is 9.83. The smallest absolute Gasteiger partial charge is 0.234 e. The van der Waals surface area contributed by atoms with Gasteiger partial charge in [-0.2, -0.15) is 5.10 Å². The molecule has 1 aromatic heterocycles. The summed E-state index contributed by atoms with van der Waals surface area (Å²) in [6, 6.07) is 17.1. The Morgan fingerprint density at radius 1 is 1.12 bits per heavy atom. The second-order valence-corrected chi connectivity index (χ2v) is 6.92. The second-order valence-electron chi connectivity index (χ2n) is 6.49. The molecule has 1 amide bonds. The van der Waals surface area contributed by atoms with Gasteiger partial charge in [-0.25, -0.2) is 0 Å². The van der Waals surface area contributed by atoms with Crippen molar-refractivity contribution < 1.29 is 4.79 Å². The standard InChI is InChI=1S/C20H20ClN3O/c1-20(2,16-6-8-17(21)9-7-16)19(25)23-18-10-4-15(5-11-18)14-24-13-3-12-22-24/h3-13H,14H2,1-2H3,(H,23,25). The van der Waals surface area contributed by atoms with Gasteiger partial charge in [0.2, 0.25) is 5.91 Å². The molecule has 1 heterocycles. The van der Waals surface area contributed by atoms with E-state index in [0.29, 0.717) is 11.6 Å². The van der Waals surface area contributed by atoms with Gasteiger partial charge in [0.1, 0.15) is 0 Å². The molecule has 0 atom stereocenters. The van der Waals surface area contributed by atoms with Crippen LogP contribution in [-0.2, 0) is 16.8 Å². The van der Waals surface area contributed by atoms with Crippen molar-refractivity contribution >= 4 is 23.2 Å². The number of halogens is 1. The first-order chi connectivity index (χ1) is 11.9. The molecule has 25 heavy (non-hydrogen) atoms. The third-order valence-corrected chi connectivity index (χ3v) is 4.50. The number of anilines is 1. The maximum absolute atomic E-state index is 12.7. The molecule has 0 fully saturated rings. The fourth-order valence-electron chi connectivity index (χ4n) is 2.56. The van der Waals surface area contributed by atoms with Crippen LogP contribution in [0.3, 0.4) is 0 Å². The van der Waals surface area contributed by atoms with E-state index in [9.17, 15) is 4.79 Å². The van der Waals surface area contributed by atoms with Gasteiger partial charge in [0, 0.05) is 23.1 Å². The van der Waals surface area contributed by atoms with Crippen molar-refractivity contribution in [1.29, 1.82) is 0 Å². The Kier molecular flexibility index (Phi) is 4.91. The fourth-order valence-corrected chi connectivity index (χ4v) is 2.69. The second kappa shape index (κ2) is 7.11. The average Bonchev–Trinajstić information content (AvgIpc) is 3.10. The number of hydrogen-bond acceptors (Lipinski definition) is 2. The molecular weight excluding hydrogens is 334 g/mol. The molecule has 0 saturated carbocycles. The molecule has 0 radical (unpaired) electrons. The van der Waals surface area contributed by atoms with Gasteiger partial charge >= 0.3 is 0 Å². The Morgan fingerprint density at radius 3 is 2.40 bits per heavy atom. The Balaban J connectivity index is 1.68. The third kappa shape index (κ3) is 4.09. The summed E-state index contributed by atoms with van der Waals surface area (Å²) in [4.78, 5) is 12.7. The number of rotatable bonds is 5. The Morgan fingerprint density at radius 2 is 1.80 bits per heavy atom. The van der Waals surface area contributed by atoms with Crippen molar-refractivity contribution in [2.75, 3.05) is 5.32 Å². The van der Waals surface area contributed by atoms with Crippen LogP contribution >= 0.6 is 11.6 Å².